The van der Waals surface area contributed by atoms with Gasteiger partial charge < -0.3 is 15.2 Å². The summed E-state index contributed by atoms with van der Waals surface area (Å²) < 4.78 is 4.25. The molecule has 1 atom stereocenters. The topological polar surface area (TPSA) is 63.9 Å². The van der Waals surface area contributed by atoms with Crippen LogP contribution in [0.15, 0.2) is 36.5 Å². The number of hydrogen-bond donors (Lipinski definition) is 2. The van der Waals surface area contributed by atoms with Gasteiger partial charge in [-0.2, -0.15) is 5.10 Å². The van der Waals surface area contributed by atoms with Crippen LogP contribution in [0, 0.1) is 25.7 Å². The lowest BCUT2D eigenvalue weighted by Gasteiger charge is -2.15. The second kappa shape index (κ2) is 8.50. The Morgan fingerprint density at radius 3 is 2.57 bits per heavy atom. The molecule has 0 spiro atoms. The summed E-state index contributed by atoms with van der Waals surface area (Å²) in [7, 11) is 0. The van der Waals surface area contributed by atoms with E-state index in [1.54, 1.807) is 0 Å². The molecular formula is C22H31N5O. The fraction of sp³-hybridized carbons (Fsp3) is 0.455. The third-order valence-electron chi connectivity index (χ3n) is 4.79. The normalized spacial score (nSPS) is 12.5. The van der Waals surface area contributed by atoms with E-state index in [0.29, 0.717) is 12.5 Å². The summed E-state index contributed by atoms with van der Waals surface area (Å²) in [5.41, 5.74) is 4.16. The molecule has 1 aromatic carbocycles. The van der Waals surface area contributed by atoms with Gasteiger partial charge in [-0.25, -0.2) is 4.79 Å². The summed E-state index contributed by atoms with van der Waals surface area (Å²) in [6.45, 7) is 13.0. The average Bonchev–Trinajstić information content (AvgIpc) is 3.15. The van der Waals surface area contributed by atoms with Gasteiger partial charge in [0.1, 0.15) is 0 Å². The summed E-state index contributed by atoms with van der Waals surface area (Å²) in [5, 5.41) is 11.5. The maximum Gasteiger partial charge on any atom is 0.319 e. The molecule has 0 saturated carbocycles. The second-order valence-electron chi connectivity index (χ2n) is 8.18. The van der Waals surface area contributed by atoms with Crippen molar-refractivity contribution in [2.75, 3.05) is 11.9 Å². The van der Waals surface area contributed by atoms with Gasteiger partial charge in [0.15, 0.2) is 0 Å². The monoisotopic (exact) mass is 381 g/mol. The van der Waals surface area contributed by atoms with Crippen molar-refractivity contribution < 1.29 is 4.79 Å². The molecule has 0 radical (unpaired) electrons. The summed E-state index contributed by atoms with van der Waals surface area (Å²) in [5.74, 6) is 0.881. The van der Waals surface area contributed by atoms with Crippen LogP contribution in [0.25, 0.3) is 10.9 Å². The smallest absolute Gasteiger partial charge is 0.319 e. The van der Waals surface area contributed by atoms with E-state index in [2.05, 4.69) is 72.4 Å². The fourth-order valence-electron chi connectivity index (χ4n) is 3.49. The molecule has 2 aromatic heterocycles. The summed E-state index contributed by atoms with van der Waals surface area (Å²) in [4.78, 5) is 12.3. The van der Waals surface area contributed by atoms with E-state index in [0.717, 1.165) is 35.6 Å². The molecule has 6 heteroatoms. The number of urea groups is 1. The Hall–Kier alpha value is -2.76. The van der Waals surface area contributed by atoms with Gasteiger partial charge in [-0.15, -0.1) is 0 Å². The second-order valence-corrected chi connectivity index (χ2v) is 8.18. The van der Waals surface area contributed by atoms with Crippen LogP contribution < -0.4 is 10.6 Å². The van der Waals surface area contributed by atoms with Gasteiger partial charge in [-0.1, -0.05) is 20.8 Å². The number of benzene rings is 1. The number of aromatic nitrogens is 3. The number of hydrogen-bond acceptors (Lipinski definition) is 2. The molecule has 0 fully saturated rings. The zero-order chi connectivity index (χ0) is 20.3. The van der Waals surface area contributed by atoms with Gasteiger partial charge in [0, 0.05) is 48.1 Å². The van der Waals surface area contributed by atoms with E-state index in [4.69, 9.17) is 0 Å². The van der Waals surface area contributed by atoms with Crippen LogP contribution >= 0.6 is 0 Å². The Balaban J connectivity index is 1.53. The lowest BCUT2D eigenvalue weighted by molar-refractivity contribution is 0.249. The Morgan fingerprint density at radius 2 is 1.89 bits per heavy atom. The zero-order valence-corrected chi connectivity index (χ0v) is 17.5. The van der Waals surface area contributed by atoms with E-state index in [1.165, 1.54) is 5.52 Å². The summed E-state index contributed by atoms with van der Waals surface area (Å²) in [6, 6.07) is 10.0. The molecule has 0 aliphatic heterocycles. The Kier molecular flexibility index (Phi) is 6.07. The Morgan fingerprint density at radius 1 is 1.11 bits per heavy atom. The van der Waals surface area contributed by atoms with Crippen LogP contribution in [-0.4, -0.2) is 26.9 Å². The number of carbonyl (C=O) groups excluding carboxylic acids is 1. The third-order valence-corrected chi connectivity index (χ3v) is 4.79. The van der Waals surface area contributed by atoms with Crippen molar-refractivity contribution in [1.29, 1.82) is 0 Å². The van der Waals surface area contributed by atoms with E-state index < -0.39 is 0 Å². The standard InChI is InChI=1S/C22H31N5O/c1-15(2)13-26-9-8-19-11-20(6-7-21(19)26)24-22(28)23-12-16(3)14-27-18(5)10-17(4)25-27/h6-11,15-16H,12-14H2,1-5H3,(H2,23,24,28). The van der Waals surface area contributed by atoms with Crippen LogP contribution in [0.5, 0.6) is 0 Å². The highest BCUT2D eigenvalue weighted by Gasteiger charge is 2.10. The molecule has 3 rings (SSSR count). The van der Waals surface area contributed by atoms with Crippen LogP contribution in [0.2, 0.25) is 0 Å². The van der Waals surface area contributed by atoms with E-state index in [9.17, 15) is 4.79 Å². The molecule has 0 aliphatic rings. The van der Waals surface area contributed by atoms with Gasteiger partial charge in [-0.05, 0) is 56.0 Å². The van der Waals surface area contributed by atoms with E-state index in [-0.39, 0.29) is 11.9 Å². The first kappa shape index (κ1) is 20.0. The Bertz CT molecular complexity index is 953. The molecule has 1 unspecified atom stereocenters. The summed E-state index contributed by atoms with van der Waals surface area (Å²) >= 11 is 0. The molecule has 0 bridgehead atoms. The first-order valence-electron chi connectivity index (χ1n) is 9.96. The highest BCUT2D eigenvalue weighted by Crippen LogP contribution is 2.21. The van der Waals surface area contributed by atoms with E-state index in [1.807, 2.05) is 23.7 Å². The highest BCUT2D eigenvalue weighted by atomic mass is 16.2. The molecule has 2 heterocycles. The molecular weight excluding hydrogens is 350 g/mol. The molecule has 2 amide bonds. The number of nitrogens with zero attached hydrogens (tertiary/aromatic N) is 3. The van der Waals surface area contributed by atoms with Gasteiger partial charge in [-0.3, -0.25) is 4.68 Å². The number of anilines is 1. The molecule has 2 N–H and O–H groups in total. The van der Waals surface area contributed by atoms with Gasteiger partial charge in [0.25, 0.3) is 0 Å². The average molecular weight is 382 g/mol. The highest BCUT2D eigenvalue weighted by molar-refractivity contribution is 5.92. The van der Waals surface area contributed by atoms with Crippen molar-refractivity contribution >= 4 is 22.6 Å². The quantitative estimate of drug-likeness (QED) is 0.630. The Labute approximate surface area is 166 Å². The molecule has 0 aliphatic carbocycles. The van der Waals surface area contributed by atoms with Crippen molar-refractivity contribution in [3.05, 3.63) is 47.9 Å². The van der Waals surface area contributed by atoms with Gasteiger partial charge in [0.2, 0.25) is 0 Å². The van der Waals surface area contributed by atoms with Crippen molar-refractivity contribution in [2.24, 2.45) is 11.8 Å². The van der Waals surface area contributed by atoms with Crippen LogP contribution in [0.1, 0.15) is 32.2 Å². The lowest BCUT2D eigenvalue weighted by Crippen LogP contribution is -2.33. The first-order valence-corrected chi connectivity index (χ1v) is 9.96. The number of fused-ring (bicyclic) bond motifs is 1. The number of aryl methyl sites for hydroxylation is 2. The molecule has 0 saturated heterocycles. The minimum atomic E-state index is -0.179. The van der Waals surface area contributed by atoms with Crippen LogP contribution in [-0.2, 0) is 13.1 Å². The molecule has 6 nitrogen and oxygen atoms in total. The summed E-state index contributed by atoms with van der Waals surface area (Å²) in [6.07, 6.45) is 2.11. The number of nitrogens with one attached hydrogen (secondary N) is 2. The van der Waals surface area contributed by atoms with E-state index >= 15 is 0 Å². The van der Waals surface area contributed by atoms with Crippen molar-refractivity contribution in [1.82, 2.24) is 19.7 Å². The first-order chi connectivity index (χ1) is 13.3. The number of rotatable bonds is 7. The SMILES string of the molecule is Cc1cc(C)n(CC(C)CNC(=O)Nc2ccc3c(ccn3CC(C)C)c2)n1. The molecule has 150 valence electrons. The predicted octanol–water partition coefficient (Wildman–Crippen LogP) is 4.57. The van der Waals surface area contributed by atoms with Crippen molar-refractivity contribution in [3.8, 4) is 0 Å². The van der Waals surface area contributed by atoms with Gasteiger partial charge in [0.05, 0.1) is 5.69 Å². The number of amides is 2. The predicted molar refractivity (Wildman–Crippen MR) is 115 cm³/mol. The zero-order valence-electron chi connectivity index (χ0n) is 17.5. The van der Waals surface area contributed by atoms with Crippen molar-refractivity contribution in [3.63, 3.8) is 0 Å². The fourth-order valence-corrected chi connectivity index (χ4v) is 3.49. The van der Waals surface area contributed by atoms with Crippen molar-refractivity contribution in [2.45, 2.75) is 47.7 Å². The lowest BCUT2D eigenvalue weighted by atomic mass is 10.2. The van der Waals surface area contributed by atoms with Crippen LogP contribution in [0.4, 0.5) is 10.5 Å². The maximum absolute atomic E-state index is 12.3. The largest absolute Gasteiger partial charge is 0.347 e. The van der Waals surface area contributed by atoms with Crippen LogP contribution in [0.3, 0.4) is 0 Å². The maximum atomic E-state index is 12.3. The molecule has 28 heavy (non-hydrogen) atoms. The minimum Gasteiger partial charge on any atom is -0.347 e. The van der Waals surface area contributed by atoms with Gasteiger partial charge >= 0.3 is 6.03 Å². The molecule has 3 aromatic rings. The minimum absolute atomic E-state index is 0.179. The number of carbonyl (C=O) groups is 1. The third kappa shape index (κ3) is 4.94.